The molecule has 0 bridgehead atoms. The van der Waals surface area contributed by atoms with E-state index in [0.29, 0.717) is 19.3 Å². The lowest BCUT2D eigenvalue weighted by Gasteiger charge is -2.71. The van der Waals surface area contributed by atoms with Crippen LogP contribution in [-0.4, -0.2) is 128 Å². The Morgan fingerprint density at radius 2 is 1.52 bits per heavy atom. The van der Waals surface area contributed by atoms with Gasteiger partial charge in [0.25, 0.3) is 0 Å². The zero-order chi connectivity index (χ0) is 39.4. The number of carboxylic acid groups (broad SMARTS) is 1. The van der Waals surface area contributed by atoms with Crippen LogP contribution in [0.3, 0.4) is 0 Å². The smallest absolute Gasteiger partial charge is 0.310 e. The largest absolute Gasteiger partial charge is 0.481 e. The van der Waals surface area contributed by atoms with Crippen molar-refractivity contribution >= 4 is 5.97 Å². The second-order valence-electron chi connectivity index (χ2n) is 20.1. The molecule has 13 nitrogen and oxygen atoms in total. The van der Waals surface area contributed by atoms with Crippen molar-refractivity contribution in [3.05, 3.63) is 11.6 Å². The van der Waals surface area contributed by atoms with Crippen molar-refractivity contribution in [1.29, 1.82) is 0 Å². The van der Waals surface area contributed by atoms with Gasteiger partial charge in [-0.1, -0.05) is 53.2 Å². The van der Waals surface area contributed by atoms with Crippen molar-refractivity contribution in [2.24, 2.45) is 50.2 Å². The maximum absolute atomic E-state index is 13.1. The van der Waals surface area contributed by atoms with Crippen LogP contribution >= 0.6 is 0 Å². The van der Waals surface area contributed by atoms with E-state index in [0.717, 1.165) is 44.9 Å². The highest BCUT2D eigenvalue weighted by molar-refractivity contribution is 5.76. The van der Waals surface area contributed by atoms with Crippen molar-refractivity contribution in [2.45, 2.75) is 167 Å². The molecule has 54 heavy (non-hydrogen) atoms. The zero-order valence-electron chi connectivity index (χ0n) is 32.9. The summed E-state index contributed by atoms with van der Waals surface area (Å²) in [6.45, 7) is 12.7. The van der Waals surface area contributed by atoms with Crippen molar-refractivity contribution in [2.75, 3.05) is 19.8 Å². The fourth-order valence-corrected chi connectivity index (χ4v) is 13.4. The lowest BCUT2D eigenvalue weighted by molar-refractivity contribution is -0.371. The van der Waals surface area contributed by atoms with E-state index in [9.17, 15) is 45.6 Å². The first-order valence-corrected chi connectivity index (χ1v) is 20.4. The molecule has 7 aliphatic rings. The number of hydrogen-bond acceptors (Lipinski definition) is 12. The molecule has 5 aliphatic carbocycles. The Hall–Kier alpha value is -1.23. The third-order valence-corrected chi connectivity index (χ3v) is 17.0. The van der Waals surface area contributed by atoms with Gasteiger partial charge >= 0.3 is 5.97 Å². The minimum Gasteiger partial charge on any atom is -0.481 e. The highest BCUT2D eigenvalue weighted by Gasteiger charge is 2.70. The Kier molecular flexibility index (Phi) is 10.6. The van der Waals surface area contributed by atoms with Crippen LogP contribution in [-0.2, 0) is 23.7 Å². The Labute approximate surface area is 319 Å². The number of carbonyl (C=O) groups is 1. The molecule has 0 amide bonds. The van der Waals surface area contributed by atoms with E-state index in [1.54, 1.807) is 0 Å². The minimum absolute atomic E-state index is 0.0170. The number of carboxylic acids is 1. The van der Waals surface area contributed by atoms with Gasteiger partial charge in [0, 0.05) is 5.41 Å². The average molecular weight is 767 g/mol. The molecule has 0 aromatic heterocycles. The number of aliphatic carboxylic acids is 1. The predicted octanol–water partition coefficient (Wildman–Crippen LogP) is 2.49. The Bertz CT molecular complexity index is 1460. The molecular formula is C41H66O13. The van der Waals surface area contributed by atoms with Crippen LogP contribution in [0.2, 0.25) is 0 Å². The minimum atomic E-state index is -1.66. The highest BCUT2D eigenvalue weighted by atomic mass is 16.8. The molecule has 2 heterocycles. The van der Waals surface area contributed by atoms with E-state index in [4.69, 9.17) is 18.9 Å². The third-order valence-electron chi connectivity index (χ3n) is 17.0. The molecule has 7 rings (SSSR count). The first-order chi connectivity index (χ1) is 25.2. The summed E-state index contributed by atoms with van der Waals surface area (Å²) in [6, 6.07) is 0. The number of ether oxygens (including phenoxy) is 4. The van der Waals surface area contributed by atoms with Gasteiger partial charge < -0.3 is 59.8 Å². The summed E-state index contributed by atoms with van der Waals surface area (Å²) in [5, 5.41) is 84.9. The SMILES string of the molecule is CC1(C)CC[C@]2(C(=O)O)CC[C@]3(C)C(=CC[C@@H]4[C@@]5(C)CC[C@H](O[C@@H]6O[C@H](CO)[C@@H](O)[C@H](O)[C@H]6O[C@@H]6OC[C@H](O)[C@H](O)[C@H]6O)[C@@](C)(CO)[C@@H]5CC[C@]43C)[C@H]2C1. The van der Waals surface area contributed by atoms with Gasteiger partial charge in [0.15, 0.2) is 12.6 Å². The highest BCUT2D eigenvalue weighted by Crippen LogP contribution is 2.76. The standard InChI is InChI=1S/C41H66O13/c1-36(2)13-15-41(35(49)50)16-14-39(5)21(22(41)17-36)7-8-26-37(3)11-10-27(38(4,20-43)25(37)9-12-40(26,39)6)53-34-32(30(47)29(46)24(18-42)52-34)54-33-31(48)28(45)23(44)19-51-33/h7,22-34,42-48H,8-20H2,1-6H3,(H,49,50)/t22-,23+,24-,25-,26-,27+,28+,29-,30+,31-,32-,33+,34+,37+,38+,39-,40-,41+/m1/s1. The molecule has 0 aromatic rings. The van der Waals surface area contributed by atoms with Gasteiger partial charge in [-0.15, -0.1) is 0 Å². The van der Waals surface area contributed by atoms with Gasteiger partial charge in [-0.25, -0.2) is 0 Å². The lowest BCUT2D eigenvalue weighted by Crippen LogP contribution is -2.67. The molecule has 0 unspecified atom stereocenters. The third kappa shape index (κ3) is 5.92. The van der Waals surface area contributed by atoms with E-state index < -0.39 is 84.8 Å². The molecule has 2 aliphatic heterocycles. The fourth-order valence-electron chi connectivity index (χ4n) is 13.4. The van der Waals surface area contributed by atoms with Crippen molar-refractivity contribution in [3.8, 4) is 0 Å². The molecule has 308 valence electrons. The van der Waals surface area contributed by atoms with Crippen LogP contribution in [0.5, 0.6) is 0 Å². The molecule has 0 spiro atoms. The van der Waals surface area contributed by atoms with Gasteiger partial charge in [-0.3, -0.25) is 4.79 Å². The molecule has 0 aromatic carbocycles. The Morgan fingerprint density at radius 3 is 2.19 bits per heavy atom. The quantitative estimate of drug-likeness (QED) is 0.138. The second kappa shape index (κ2) is 14.0. The van der Waals surface area contributed by atoms with Crippen LogP contribution in [0.25, 0.3) is 0 Å². The normalized spacial score (nSPS) is 54.3. The lowest BCUT2D eigenvalue weighted by atomic mass is 9.33. The van der Waals surface area contributed by atoms with Gasteiger partial charge in [0.05, 0.1) is 31.3 Å². The van der Waals surface area contributed by atoms with Gasteiger partial charge in [0.1, 0.15) is 42.7 Å². The summed E-state index contributed by atoms with van der Waals surface area (Å²) in [5.74, 6) is -0.314. The summed E-state index contributed by atoms with van der Waals surface area (Å²) in [7, 11) is 0. The van der Waals surface area contributed by atoms with Crippen LogP contribution in [0.15, 0.2) is 11.6 Å². The maximum Gasteiger partial charge on any atom is 0.310 e. The summed E-state index contributed by atoms with van der Waals surface area (Å²) >= 11 is 0. The van der Waals surface area contributed by atoms with Gasteiger partial charge in [-0.2, -0.15) is 0 Å². The maximum atomic E-state index is 13.1. The number of fused-ring (bicyclic) bond motifs is 7. The number of allylic oxidation sites excluding steroid dienone is 2. The van der Waals surface area contributed by atoms with Crippen LogP contribution in [0.1, 0.15) is 106 Å². The number of aliphatic hydroxyl groups excluding tert-OH is 7. The molecule has 6 fully saturated rings. The predicted molar refractivity (Wildman–Crippen MR) is 193 cm³/mol. The fraction of sp³-hybridized carbons (Fsp3) is 0.927. The van der Waals surface area contributed by atoms with Crippen LogP contribution in [0.4, 0.5) is 0 Å². The zero-order valence-corrected chi connectivity index (χ0v) is 32.9. The topological polar surface area (TPSA) is 216 Å². The second-order valence-corrected chi connectivity index (χ2v) is 20.1. The van der Waals surface area contributed by atoms with Crippen molar-refractivity contribution < 1.29 is 64.6 Å². The number of aliphatic hydroxyl groups is 7. The van der Waals surface area contributed by atoms with E-state index in [1.165, 1.54) is 5.57 Å². The van der Waals surface area contributed by atoms with Crippen molar-refractivity contribution in [3.63, 3.8) is 0 Å². The summed E-state index contributed by atoms with van der Waals surface area (Å²) in [5.41, 5.74) is -0.460. The first kappa shape index (κ1) is 40.9. The number of hydrogen-bond donors (Lipinski definition) is 8. The summed E-state index contributed by atoms with van der Waals surface area (Å²) in [6.07, 6.45) is -3.35. The molecule has 4 saturated carbocycles. The molecule has 18 atom stereocenters. The van der Waals surface area contributed by atoms with Crippen molar-refractivity contribution in [1.82, 2.24) is 0 Å². The summed E-state index contributed by atoms with van der Waals surface area (Å²) < 4.78 is 24.1. The molecule has 13 heteroatoms. The van der Waals surface area contributed by atoms with Crippen LogP contribution in [0, 0.1) is 50.2 Å². The molecule has 8 N–H and O–H groups in total. The first-order valence-electron chi connectivity index (χ1n) is 20.4. The average Bonchev–Trinajstić information content (AvgIpc) is 3.12. The molecule has 0 radical (unpaired) electrons. The molecule has 2 saturated heterocycles. The monoisotopic (exact) mass is 766 g/mol. The summed E-state index contributed by atoms with van der Waals surface area (Å²) in [4.78, 5) is 13.1. The number of rotatable bonds is 7. The van der Waals surface area contributed by atoms with E-state index >= 15 is 0 Å². The van der Waals surface area contributed by atoms with Gasteiger partial charge in [-0.05, 0) is 104 Å². The van der Waals surface area contributed by atoms with E-state index in [1.807, 2.05) is 6.92 Å². The Balaban J connectivity index is 1.17. The van der Waals surface area contributed by atoms with E-state index in [-0.39, 0.29) is 52.6 Å². The molecular weight excluding hydrogens is 700 g/mol. The van der Waals surface area contributed by atoms with Gasteiger partial charge in [0.2, 0.25) is 0 Å². The van der Waals surface area contributed by atoms with E-state index in [2.05, 4.69) is 40.7 Å². The Morgan fingerprint density at radius 1 is 0.815 bits per heavy atom. The van der Waals surface area contributed by atoms with Crippen LogP contribution < -0.4 is 0 Å².